The molecular formula is C16H26ClN3O. The number of rotatable bonds is 5. The maximum absolute atomic E-state index is 12.8. The second-order valence-electron chi connectivity index (χ2n) is 6.55. The number of aryl methyl sites for hydroxylation is 2. The lowest BCUT2D eigenvalue weighted by Gasteiger charge is -2.36. The molecule has 2 heterocycles. The highest BCUT2D eigenvalue weighted by molar-refractivity contribution is 6.32. The van der Waals surface area contributed by atoms with Crippen LogP contribution in [0.2, 0.25) is 5.02 Å². The number of nitrogens with one attached hydrogen (secondary N) is 1. The zero-order valence-corrected chi connectivity index (χ0v) is 14.3. The smallest absolute Gasteiger partial charge is 0.144 e. The Morgan fingerprint density at radius 3 is 2.76 bits per heavy atom. The number of piperidine rings is 1. The van der Waals surface area contributed by atoms with E-state index in [1.165, 1.54) is 0 Å². The van der Waals surface area contributed by atoms with Crippen LogP contribution in [0.5, 0.6) is 0 Å². The lowest BCUT2D eigenvalue weighted by molar-refractivity contribution is -0.129. The van der Waals surface area contributed by atoms with Crippen molar-refractivity contribution in [3.8, 4) is 0 Å². The van der Waals surface area contributed by atoms with Gasteiger partial charge in [0.1, 0.15) is 5.78 Å². The number of aromatic nitrogens is 2. The van der Waals surface area contributed by atoms with Gasteiger partial charge in [-0.15, -0.1) is 0 Å². The Hall–Kier alpha value is -0.870. The normalized spacial score (nSPS) is 19.8. The molecule has 21 heavy (non-hydrogen) atoms. The van der Waals surface area contributed by atoms with Crippen molar-refractivity contribution >= 4 is 17.4 Å². The zero-order valence-electron chi connectivity index (χ0n) is 13.5. The molecule has 1 saturated heterocycles. The molecule has 1 aliphatic heterocycles. The third kappa shape index (κ3) is 3.32. The molecular weight excluding hydrogens is 286 g/mol. The van der Waals surface area contributed by atoms with E-state index in [0.29, 0.717) is 17.4 Å². The minimum atomic E-state index is -0.326. The van der Waals surface area contributed by atoms with Gasteiger partial charge in [-0.1, -0.05) is 32.4 Å². The molecule has 4 nitrogen and oxygen atoms in total. The summed E-state index contributed by atoms with van der Waals surface area (Å²) in [4.78, 5) is 12.8. The van der Waals surface area contributed by atoms with Crippen LogP contribution in [0.3, 0.4) is 0 Å². The van der Waals surface area contributed by atoms with Crippen molar-refractivity contribution in [3.05, 3.63) is 16.4 Å². The Morgan fingerprint density at radius 2 is 2.24 bits per heavy atom. The van der Waals surface area contributed by atoms with E-state index in [1.54, 1.807) is 4.68 Å². The van der Waals surface area contributed by atoms with E-state index < -0.39 is 0 Å². The van der Waals surface area contributed by atoms with Crippen molar-refractivity contribution < 1.29 is 4.79 Å². The van der Waals surface area contributed by atoms with E-state index in [0.717, 1.165) is 43.7 Å². The second kappa shape index (κ2) is 6.49. The van der Waals surface area contributed by atoms with Crippen LogP contribution in [0.25, 0.3) is 0 Å². The van der Waals surface area contributed by atoms with Crippen molar-refractivity contribution in [3.63, 3.8) is 0 Å². The number of halogens is 1. The molecule has 1 aromatic rings. The molecule has 2 rings (SSSR count). The lowest BCUT2D eigenvalue weighted by Crippen LogP contribution is -2.43. The molecule has 5 heteroatoms. The molecule has 0 amide bonds. The van der Waals surface area contributed by atoms with E-state index in [-0.39, 0.29) is 11.2 Å². The molecule has 0 radical (unpaired) electrons. The highest BCUT2D eigenvalue weighted by atomic mass is 35.5. The summed E-state index contributed by atoms with van der Waals surface area (Å²) in [5.41, 5.74) is 1.39. The van der Waals surface area contributed by atoms with Crippen molar-refractivity contribution in [1.82, 2.24) is 15.1 Å². The lowest BCUT2D eigenvalue weighted by atomic mass is 9.71. The third-order valence-electron chi connectivity index (χ3n) is 4.87. The van der Waals surface area contributed by atoms with Crippen LogP contribution in [-0.2, 0) is 24.7 Å². The van der Waals surface area contributed by atoms with E-state index in [4.69, 9.17) is 11.6 Å². The van der Waals surface area contributed by atoms with Crippen LogP contribution in [0.4, 0.5) is 0 Å². The van der Waals surface area contributed by atoms with Gasteiger partial charge >= 0.3 is 0 Å². The van der Waals surface area contributed by atoms with Crippen molar-refractivity contribution in [1.29, 1.82) is 0 Å². The molecule has 1 unspecified atom stereocenters. The first-order chi connectivity index (χ1) is 9.87. The molecule has 1 N–H and O–H groups in total. The van der Waals surface area contributed by atoms with Gasteiger partial charge in [-0.25, -0.2) is 0 Å². The number of hydrogen-bond acceptors (Lipinski definition) is 3. The van der Waals surface area contributed by atoms with Gasteiger partial charge in [0.2, 0.25) is 0 Å². The van der Waals surface area contributed by atoms with Gasteiger partial charge in [-0.05, 0) is 38.3 Å². The number of ketones is 1. The predicted molar refractivity (Wildman–Crippen MR) is 85.7 cm³/mol. The minimum absolute atomic E-state index is 0.253. The topological polar surface area (TPSA) is 46.9 Å². The molecule has 0 aliphatic carbocycles. The number of nitrogens with zero attached hydrogens (tertiary/aromatic N) is 2. The van der Waals surface area contributed by atoms with Gasteiger partial charge < -0.3 is 5.32 Å². The van der Waals surface area contributed by atoms with Crippen molar-refractivity contribution in [2.24, 2.45) is 18.4 Å². The predicted octanol–water partition coefficient (Wildman–Crippen LogP) is 2.77. The van der Waals surface area contributed by atoms with Crippen LogP contribution in [0, 0.1) is 11.3 Å². The van der Waals surface area contributed by atoms with Crippen LogP contribution in [0.1, 0.15) is 45.0 Å². The Labute approximate surface area is 132 Å². The van der Waals surface area contributed by atoms with Gasteiger partial charge in [0, 0.05) is 12.5 Å². The van der Waals surface area contributed by atoms with Crippen LogP contribution in [-0.4, -0.2) is 28.7 Å². The van der Waals surface area contributed by atoms with Gasteiger partial charge in [-0.2, -0.15) is 5.10 Å². The standard InChI is InChI=1S/C16H26ClN3O/c1-5-12-15(17)13(20(4)19-12)9-14(21)16(2,3)11-7-6-8-18-10-11/h11,18H,5-10H2,1-4H3. The first-order valence-electron chi connectivity index (χ1n) is 7.82. The first kappa shape index (κ1) is 16.5. The molecule has 0 spiro atoms. The molecule has 0 bridgehead atoms. The van der Waals surface area contributed by atoms with Crippen LogP contribution in [0.15, 0.2) is 0 Å². The SMILES string of the molecule is CCc1nn(C)c(CC(=O)C(C)(C)C2CCCNC2)c1Cl. The number of Topliss-reactive ketones (excluding diaryl/α,β-unsaturated/α-hetero) is 1. The first-order valence-corrected chi connectivity index (χ1v) is 8.20. The number of hydrogen-bond donors (Lipinski definition) is 1. The summed E-state index contributed by atoms with van der Waals surface area (Å²) in [5.74, 6) is 0.653. The van der Waals surface area contributed by atoms with Crippen molar-refractivity contribution in [2.45, 2.75) is 46.5 Å². The maximum Gasteiger partial charge on any atom is 0.144 e. The van der Waals surface area contributed by atoms with E-state index in [2.05, 4.69) is 24.3 Å². The molecule has 1 aliphatic rings. The largest absolute Gasteiger partial charge is 0.316 e. The van der Waals surface area contributed by atoms with Gasteiger partial charge in [0.05, 0.1) is 22.8 Å². The van der Waals surface area contributed by atoms with Gasteiger partial charge in [0.25, 0.3) is 0 Å². The molecule has 0 aromatic carbocycles. The Bertz CT molecular complexity index is 516. The van der Waals surface area contributed by atoms with E-state index in [9.17, 15) is 4.79 Å². The molecule has 1 atom stereocenters. The number of carbonyl (C=O) groups is 1. The molecule has 1 fully saturated rings. The summed E-state index contributed by atoms with van der Waals surface area (Å²) in [6.45, 7) is 8.15. The van der Waals surface area contributed by atoms with E-state index in [1.807, 2.05) is 14.0 Å². The summed E-state index contributed by atoms with van der Waals surface area (Å²) in [6.07, 6.45) is 3.42. The molecule has 0 saturated carbocycles. The van der Waals surface area contributed by atoms with Crippen LogP contribution < -0.4 is 5.32 Å². The summed E-state index contributed by atoms with van der Waals surface area (Å²) in [7, 11) is 1.86. The van der Waals surface area contributed by atoms with Gasteiger partial charge in [0.15, 0.2) is 0 Å². The quantitative estimate of drug-likeness (QED) is 0.909. The highest BCUT2D eigenvalue weighted by Gasteiger charge is 2.37. The van der Waals surface area contributed by atoms with Crippen LogP contribution >= 0.6 is 11.6 Å². The Morgan fingerprint density at radius 1 is 1.52 bits per heavy atom. The monoisotopic (exact) mass is 311 g/mol. The highest BCUT2D eigenvalue weighted by Crippen LogP contribution is 2.34. The summed E-state index contributed by atoms with van der Waals surface area (Å²) < 4.78 is 1.76. The maximum atomic E-state index is 12.8. The molecule has 118 valence electrons. The fourth-order valence-electron chi connectivity index (χ4n) is 3.09. The molecule has 1 aromatic heterocycles. The number of carbonyl (C=O) groups excluding carboxylic acids is 1. The summed E-state index contributed by atoms with van der Waals surface area (Å²) in [5, 5.41) is 8.45. The summed E-state index contributed by atoms with van der Waals surface area (Å²) >= 11 is 6.36. The second-order valence-corrected chi connectivity index (χ2v) is 6.93. The average Bonchev–Trinajstić information content (AvgIpc) is 2.75. The van der Waals surface area contributed by atoms with Crippen molar-refractivity contribution in [2.75, 3.05) is 13.1 Å². The fraction of sp³-hybridized carbons (Fsp3) is 0.750. The zero-order chi connectivity index (χ0) is 15.6. The minimum Gasteiger partial charge on any atom is -0.316 e. The van der Waals surface area contributed by atoms with Gasteiger partial charge in [-0.3, -0.25) is 9.48 Å². The summed E-state index contributed by atoms with van der Waals surface area (Å²) in [6, 6.07) is 0. The third-order valence-corrected chi connectivity index (χ3v) is 5.30. The fourth-order valence-corrected chi connectivity index (χ4v) is 3.45. The average molecular weight is 312 g/mol. The Balaban J connectivity index is 2.15. The van der Waals surface area contributed by atoms with E-state index >= 15 is 0 Å². The Kier molecular flexibility index (Phi) is 5.10.